The van der Waals surface area contributed by atoms with E-state index in [0.29, 0.717) is 10.5 Å². The second-order valence-corrected chi connectivity index (χ2v) is 6.34. The summed E-state index contributed by atoms with van der Waals surface area (Å²) in [6.45, 7) is 1.82. The van der Waals surface area contributed by atoms with Crippen LogP contribution in [0.2, 0.25) is 0 Å². The van der Waals surface area contributed by atoms with Crippen molar-refractivity contribution in [2.45, 2.75) is 13.5 Å². The number of carbonyl (C=O) groups is 1. The number of hydrogen-bond donors (Lipinski definition) is 0. The van der Waals surface area contributed by atoms with Crippen LogP contribution in [-0.2, 0) is 16.1 Å². The van der Waals surface area contributed by atoms with Gasteiger partial charge in [-0.15, -0.1) is 11.3 Å². The zero-order valence-electron chi connectivity index (χ0n) is 13.2. The average molecular weight is 331 g/mol. The Kier molecular flexibility index (Phi) is 4.04. The first-order valence-electron chi connectivity index (χ1n) is 7.28. The van der Waals surface area contributed by atoms with Crippen molar-refractivity contribution < 1.29 is 9.53 Å². The molecule has 0 bridgehead atoms. The molecule has 0 aliphatic carbocycles. The first-order valence-corrected chi connectivity index (χ1v) is 8.10. The fraction of sp³-hybridized carbons (Fsp3) is 0.312. The molecule has 0 N–H and O–H groups in total. The van der Waals surface area contributed by atoms with Crippen LogP contribution in [0.15, 0.2) is 29.1 Å². The average Bonchev–Trinajstić information content (AvgIpc) is 2.90. The molecule has 0 aliphatic heterocycles. The third-order valence-electron chi connectivity index (χ3n) is 3.47. The van der Waals surface area contributed by atoms with E-state index in [2.05, 4.69) is 5.10 Å². The van der Waals surface area contributed by atoms with Gasteiger partial charge in [0.25, 0.3) is 5.56 Å². The smallest absolute Gasteiger partial charge is 0.327 e. The number of nitrogens with zero attached hydrogens (tertiary/aromatic N) is 3. The highest BCUT2D eigenvalue weighted by atomic mass is 32.1. The molecule has 3 aromatic rings. The summed E-state index contributed by atoms with van der Waals surface area (Å²) in [5.74, 6) is 0.202. The zero-order chi connectivity index (χ0) is 16.6. The van der Waals surface area contributed by atoms with E-state index < -0.39 is 5.97 Å². The number of rotatable bonds is 4. The highest BCUT2D eigenvalue weighted by Gasteiger charge is 2.19. The number of benzene rings is 1. The summed E-state index contributed by atoms with van der Waals surface area (Å²) >= 11 is 1.42. The first kappa shape index (κ1) is 15.5. The second-order valence-electron chi connectivity index (χ2n) is 5.29. The lowest BCUT2D eigenvalue weighted by molar-refractivity contribution is -0.144. The van der Waals surface area contributed by atoms with Crippen molar-refractivity contribution in [2.75, 3.05) is 25.6 Å². The molecule has 3 rings (SSSR count). The topological polar surface area (TPSA) is 64.4 Å². The van der Waals surface area contributed by atoms with Gasteiger partial charge in [0.05, 0.1) is 12.0 Å². The van der Waals surface area contributed by atoms with E-state index in [0.717, 1.165) is 15.5 Å². The lowest BCUT2D eigenvalue weighted by Gasteiger charge is -2.15. The number of thiophene rings is 1. The Hall–Kier alpha value is -2.41. The Morgan fingerprint density at radius 2 is 2.09 bits per heavy atom. The standard InChI is InChI=1S/C16H17N3O3S/c1-4-22-12(20)9-19-16(21)14-13(15(17-19)18(2)3)10-7-5-6-8-11(10)23-14/h5-8H,4,9H2,1-3H3. The van der Waals surface area contributed by atoms with Gasteiger partial charge in [-0.3, -0.25) is 9.59 Å². The molecule has 0 unspecified atom stereocenters. The van der Waals surface area contributed by atoms with E-state index >= 15 is 0 Å². The summed E-state index contributed by atoms with van der Waals surface area (Å²) in [6.07, 6.45) is 0. The van der Waals surface area contributed by atoms with Crippen molar-refractivity contribution in [3.63, 3.8) is 0 Å². The summed E-state index contributed by atoms with van der Waals surface area (Å²) in [7, 11) is 3.74. The molecule has 2 heterocycles. The molecule has 23 heavy (non-hydrogen) atoms. The van der Waals surface area contributed by atoms with Gasteiger partial charge in [-0.1, -0.05) is 18.2 Å². The van der Waals surface area contributed by atoms with Gasteiger partial charge < -0.3 is 9.64 Å². The molecule has 0 radical (unpaired) electrons. The second kappa shape index (κ2) is 6.00. The van der Waals surface area contributed by atoms with Gasteiger partial charge in [-0.25, -0.2) is 4.68 Å². The van der Waals surface area contributed by atoms with Gasteiger partial charge in [0.2, 0.25) is 0 Å². The highest BCUT2D eigenvalue weighted by molar-refractivity contribution is 7.25. The van der Waals surface area contributed by atoms with Crippen molar-refractivity contribution in [3.05, 3.63) is 34.6 Å². The maximum atomic E-state index is 12.7. The first-order chi connectivity index (χ1) is 11.0. The predicted octanol–water partition coefficient (Wildman–Crippen LogP) is 2.24. The van der Waals surface area contributed by atoms with Crippen molar-refractivity contribution >= 4 is 43.3 Å². The lowest BCUT2D eigenvalue weighted by atomic mass is 10.2. The van der Waals surface area contributed by atoms with Gasteiger partial charge in [0.15, 0.2) is 5.82 Å². The molecule has 6 nitrogen and oxygen atoms in total. The van der Waals surface area contributed by atoms with Gasteiger partial charge >= 0.3 is 5.97 Å². The number of fused-ring (bicyclic) bond motifs is 3. The Bertz CT molecular complexity index is 943. The number of hydrogen-bond acceptors (Lipinski definition) is 6. The van der Waals surface area contributed by atoms with Crippen LogP contribution in [0.3, 0.4) is 0 Å². The third kappa shape index (κ3) is 2.68. The van der Waals surface area contributed by atoms with Crippen LogP contribution in [-0.4, -0.2) is 36.5 Å². The summed E-state index contributed by atoms with van der Waals surface area (Å²) in [6, 6.07) is 7.85. The number of anilines is 1. The molecule has 0 amide bonds. The Morgan fingerprint density at radius 1 is 1.35 bits per heavy atom. The monoisotopic (exact) mass is 331 g/mol. The minimum Gasteiger partial charge on any atom is -0.465 e. The van der Waals surface area contributed by atoms with Crippen molar-refractivity contribution in [3.8, 4) is 0 Å². The van der Waals surface area contributed by atoms with E-state index in [4.69, 9.17) is 4.74 Å². The van der Waals surface area contributed by atoms with Crippen LogP contribution in [0.25, 0.3) is 20.2 Å². The van der Waals surface area contributed by atoms with Crippen LogP contribution in [0.5, 0.6) is 0 Å². The maximum absolute atomic E-state index is 12.7. The summed E-state index contributed by atoms with van der Waals surface area (Å²) in [4.78, 5) is 26.3. The fourth-order valence-corrected chi connectivity index (χ4v) is 3.64. The largest absolute Gasteiger partial charge is 0.465 e. The molecule has 0 saturated carbocycles. The molecule has 0 aliphatic rings. The van der Waals surface area contributed by atoms with Crippen molar-refractivity contribution in [1.82, 2.24) is 9.78 Å². The molecule has 0 fully saturated rings. The van der Waals surface area contributed by atoms with Gasteiger partial charge in [-0.2, -0.15) is 5.10 Å². The number of ether oxygens (including phenoxy) is 1. The molecule has 2 aromatic heterocycles. The molecule has 0 spiro atoms. The van der Waals surface area contributed by atoms with Gasteiger partial charge in [0, 0.05) is 24.2 Å². The number of esters is 1. The summed E-state index contributed by atoms with van der Waals surface area (Å²) < 4.78 is 7.74. The van der Waals surface area contributed by atoms with E-state index in [1.54, 1.807) is 6.92 Å². The van der Waals surface area contributed by atoms with E-state index in [-0.39, 0.29) is 18.7 Å². The Labute approximate surface area is 136 Å². The van der Waals surface area contributed by atoms with E-state index in [9.17, 15) is 9.59 Å². The van der Waals surface area contributed by atoms with Crippen LogP contribution in [0.1, 0.15) is 6.92 Å². The predicted molar refractivity (Wildman–Crippen MR) is 92.3 cm³/mol. The number of carbonyl (C=O) groups excluding carboxylic acids is 1. The normalized spacial score (nSPS) is 11.1. The third-order valence-corrected chi connectivity index (χ3v) is 4.63. The SMILES string of the molecule is CCOC(=O)Cn1nc(N(C)C)c2c(sc3ccccc32)c1=O. The van der Waals surface area contributed by atoms with Crippen LogP contribution >= 0.6 is 11.3 Å². The molecule has 7 heteroatoms. The maximum Gasteiger partial charge on any atom is 0.327 e. The van der Waals surface area contributed by atoms with Crippen LogP contribution in [0, 0.1) is 0 Å². The lowest BCUT2D eigenvalue weighted by Crippen LogP contribution is -2.29. The highest BCUT2D eigenvalue weighted by Crippen LogP contribution is 2.35. The van der Waals surface area contributed by atoms with Crippen molar-refractivity contribution in [2.24, 2.45) is 0 Å². The zero-order valence-corrected chi connectivity index (χ0v) is 14.0. The minimum atomic E-state index is -0.465. The van der Waals surface area contributed by atoms with E-state index in [1.807, 2.05) is 43.3 Å². The fourth-order valence-electron chi connectivity index (χ4n) is 2.49. The summed E-state index contributed by atoms with van der Waals surface area (Å²) in [5.41, 5.74) is -0.264. The summed E-state index contributed by atoms with van der Waals surface area (Å²) in [5, 5.41) is 6.22. The number of aromatic nitrogens is 2. The molecule has 0 atom stereocenters. The molecule has 1 aromatic carbocycles. The van der Waals surface area contributed by atoms with Crippen LogP contribution in [0.4, 0.5) is 5.82 Å². The quantitative estimate of drug-likeness (QED) is 0.686. The van der Waals surface area contributed by atoms with E-state index in [1.165, 1.54) is 16.0 Å². The molecule has 120 valence electrons. The molecular weight excluding hydrogens is 314 g/mol. The molecule has 0 saturated heterocycles. The molecular formula is C16H17N3O3S. The Balaban J connectivity index is 2.29. The Morgan fingerprint density at radius 3 is 2.78 bits per heavy atom. The minimum absolute atomic E-state index is 0.183. The van der Waals surface area contributed by atoms with Crippen LogP contribution < -0.4 is 10.5 Å². The van der Waals surface area contributed by atoms with Gasteiger partial charge in [-0.05, 0) is 13.0 Å². The van der Waals surface area contributed by atoms with Crippen molar-refractivity contribution in [1.29, 1.82) is 0 Å². The van der Waals surface area contributed by atoms with Gasteiger partial charge in [0.1, 0.15) is 11.2 Å².